The van der Waals surface area contributed by atoms with Crippen molar-refractivity contribution in [2.45, 2.75) is 31.8 Å². The number of hydrogen-bond acceptors (Lipinski definition) is 6. The van der Waals surface area contributed by atoms with E-state index in [2.05, 4.69) is 27.3 Å². The molecule has 8 heteroatoms. The Labute approximate surface area is 144 Å². The molecule has 7 nitrogen and oxygen atoms in total. The summed E-state index contributed by atoms with van der Waals surface area (Å²) in [5.41, 5.74) is 0. The fraction of sp³-hybridized carbons (Fsp3) is 0.562. The molecule has 0 aliphatic carbocycles. The summed E-state index contributed by atoms with van der Waals surface area (Å²) >= 11 is 1.60. The van der Waals surface area contributed by atoms with Crippen LogP contribution in [0.4, 0.5) is 4.79 Å². The Morgan fingerprint density at radius 3 is 2.83 bits per heavy atom. The zero-order chi connectivity index (χ0) is 16.5. The van der Waals surface area contributed by atoms with Crippen molar-refractivity contribution in [3.63, 3.8) is 0 Å². The van der Waals surface area contributed by atoms with Crippen molar-refractivity contribution in [3.8, 4) is 10.8 Å². The van der Waals surface area contributed by atoms with E-state index in [4.69, 9.17) is 4.42 Å². The van der Waals surface area contributed by atoms with Gasteiger partial charge in [-0.1, -0.05) is 6.07 Å². The highest BCUT2D eigenvalue weighted by Gasteiger charge is 2.33. The van der Waals surface area contributed by atoms with Gasteiger partial charge in [0.15, 0.2) is 0 Å². The quantitative estimate of drug-likeness (QED) is 0.919. The molecule has 0 spiro atoms. The highest BCUT2D eigenvalue weighted by atomic mass is 32.1. The summed E-state index contributed by atoms with van der Waals surface area (Å²) in [6, 6.07) is 4.49. The molecule has 24 heavy (non-hydrogen) atoms. The predicted molar refractivity (Wildman–Crippen MR) is 90.7 cm³/mol. The summed E-state index contributed by atoms with van der Waals surface area (Å²) in [7, 11) is 0. The fourth-order valence-corrected chi connectivity index (χ4v) is 4.12. The lowest BCUT2D eigenvalue weighted by Gasteiger charge is -2.37. The summed E-state index contributed by atoms with van der Waals surface area (Å²) in [5.74, 6) is 1.26. The van der Waals surface area contributed by atoms with Gasteiger partial charge in [0.05, 0.1) is 10.9 Å². The Bertz CT molecular complexity index is 693. The van der Waals surface area contributed by atoms with Crippen LogP contribution in [-0.4, -0.2) is 58.2 Å². The third kappa shape index (κ3) is 2.91. The first-order valence-electron chi connectivity index (χ1n) is 8.38. The van der Waals surface area contributed by atoms with Crippen molar-refractivity contribution in [2.24, 2.45) is 0 Å². The van der Waals surface area contributed by atoms with Crippen molar-refractivity contribution < 1.29 is 9.21 Å². The van der Waals surface area contributed by atoms with Crippen molar-refractivity contribution in [3.05, 3.63) is 23.4 Å². The molecule has 0 radical (unpaired) electrons. The monoisotopic (exact) mass is 347 g/mol. The molecule has 2 aromatic rings. The first-order chi connectivity index (χ1) is 11.7. The number of thiophene rings is 1. The maximum Gasteiger partial charge on any atom is 0.317 e. The summed E-state index contributed by atoms with van der Waals surface area (Å²) < 4.78 is 5.86. The van der Waals surface area contributed by atoms with Gasteiger partial charge in [-0.25, -0.2) is 4.79 Å². The molecule has 2 aliphatic rings. The average molecular weight is 347 g/mol. The number of nitrogens with one attached hydrogen (secondary N) is 1. The minimum atomic E-state index is 0.0824. The lowest BCUT2D eigenvalue weighted by molar-refractivity contribution is 0.101. The van der Waals surface area contributed by atoms with Crippen LogP contribution in [0.15, 0.2) is 21.9 Å². The number of urea groups is 1. The van der Waals surface area contributed by atoms with Gasteiger partial charge in [-0.3, -0.25) is 4.90 Å². The van der Waals surface area contributed by atoms with Crippen molar-refractivity contribution in [2.75, 3.05) is 26.2 Å². The maximum atomic E-state index is 11.8. The third-order valence-electron chi connectivity index (χ3n) is 4.91. The summed E-state index contributed by atoms with van der Waals surface area (Å²) in [5, 5.41) is 13.3. The molecule has 2 saturated heterocycles. The van der Waals surface area contributed by atoms with Crippen molar-refractivity contribution in [1.82, 2.24) is 25.3 Å². The van der Waals surface area contributed by atoms with Crippen molar-refractivity contribution >= 4 is 17.4 Å². The van der Waals surface area contributed by atoms with Crippen LogP contribution < -0.4 is 5.32 Å². The largest absolute Gasteiger partial charge is 0.418 e. The Morgan fingerprint density at radius 1 is 1.33 bits per heavy atom. The molecule has 4 heterocycles. The number of aromatic nitrogens is 2. The van der Waals surface area contributed by atoms with Gasteiger partial charge in [0.1, 0.15) is 0 Å². The van der Waals surface area contributed by atoms with Gasteiger partial charge in [0, 0.05) is 32.2 Å². The van der Waals surface area contributed by atoms with Gasteiger partial charge in [0.25, 0.3) is 5.89 Å². The number of piperidine rings is 1. The lowest BCUT2D eigenvalue weighted by atomic mass is 10.0. The number of nitrogens with zero attached hydrogens (tertiary/aromatic N) is 4. The van der Waals surface area contributed by atoms with Gasteiger partial charge in [-0.05, 0) is 31.2 Å². The second-order valence-electron chi connectivity index (χ2n) is 6.29. The standard InChI is InChI=1S/C16H21N5O2S/c1-11(14-18-19-15(23-14)13-3-2-10-24-13)20-7-4-12(5-8-20)21-9-6-17-16(21)22/h2-3,10-12H,4-9H2,1H3,(H,17,22)/t11-/m1/s1. The number of rotatable bonds is 4. The van der Waals surface area contributed by atoms with Gasteiger partial charge >= 0.3 is 6.03 Å². The molecule has 128 valence electrons. The maximum absolute atomic E-state index is 11.8. The van der Waals surface area contributed by atoms with Crippen LogP contribution in [0.25, 0.3) is 10.8 Å². The molecule has 4 rings (SSSR count). The highest BCUT2D eigenvalue weighted by molar-refractivity contribution is 7.13. The zero-order valence-electron chi connectivity index (χ0n) is 13.6. The van der Waals surface area contributed by atoms with E-state index in [0.717, 1.165) is 43.9 Å². The van der Waals surface area contributed by atoms with Gasteiger partial charge in [-0.2, -0.15) is 0 Å². The van der Waals surface area contributed by atoms with Crippen LogP contribution in [0.2, 0.25) is 0 Å². The van der Waals surface area contributed by atoms with E-state index in [1.165, 1.54) is 0 Å². The van der Waals surface area contributed by atoms with E-state index in [1.54, 1.807) is 11.3 Å². The Kier molecular flexibility index (Phi) is 4.24. The van der Waals surface area contributed by atoms with Crippen molar-refractivity contribution in [1.29, 1.82) is 0 Å². The number of likely N-dealkylation sites (tertiary alicyclic amines) is 1. The van der Waals surface area contributed by atoms with Gasteiger partial charge < -0.3 is 14.6 Å². The van der Waals surface area contributed by atoms with E-state index in [9.17, 15) is 4.79 Å². The zero-order valence-corrected chi connectivity index (χ0v) is 14.5. The molecule has 0 aromatic carbocycles. The molecule has 0 unspecified atom stereocenters. The summed E-state index contributed by atoms with van der Waals surface area (Å²) in [6.07, 6.45) is 1.98. The molecule has 0 bridgehead atoms. The molecular formula is C16H21N5O2S. The van der Waals surface area contributed by atoms with Crippen LogP contribution in [-0.2, 0) is 0 Å². The first-order valence-corrected chi connectivity index (χ1v) is 9.26. The number of hydrogen-bond donors (Lipinski definition) is 1. The minimum absolute atomic E-state index is 0.0824. The molecule has 1 atom stereocenters. The molecule has 0 saturated carbocycles. The normalized spacial score (nSPS) is 21.2. The Hall–Kier alpha value is -1.93. The van der Waals surface area contributed by atoms with Gasteiger partial charge in [0.2, 0.25) is 5.89 Å². The van der Waals surface area contributed by atoms with E-state index in [0.29, 0.717) is 17.8 Å². The Morgan fingerprint density at radius 2 is 2.17 bits per heavy atom. The highest BCUT2D eigenvalue weighted by Crippen LogP contribution is 2.29. The second-order valence-corrected chi connectivity index (χ2v) is 7.24. The molecule has 2 amide bonds. The predicted octanol–water partition coefficient (Wildman–Crippen LogP) is 2.35. The summed E-state index contributed by atoms with van der Waals surface area (Å²) in [4.78, 5) is 17.1. The second kappa shape index (κ2) is 6.52. The lowest BCUT2D eigenvalue weighted by Crippen LogP contribution is -2.46. The van der Waals surface area contributed by atoms with Crippen LogP contribution in [0.3, 0.4) is 0 Å². The molecule has 2 aromatic heterocycles. The average Bonchev–Trinajstić information content (AvgIpc) is 3.35. The minimum Gasteiger partial charge on any atom is -0.418 e. The van der Waals surface area contributed by atoms with Crippen LogP contribution in [0.5, 0.6) is 0 Å². The van der Waals surface area contributed by atoms with Crippen LogP contribution in [0.1, 0.15) is 31.7 Å². The van der Waals surface area contributed by atoms with E-state index >= 15 is 0 Å². The smallest absolute Gasteiger partial charge is 0.317 e. The van der Waals surface area contributed by atoms with E-state index < -0.39 is 0 Å². The molecule has 2 fully saturated rings. The molecule has 1 N–H and O–H groups in total. The summed E-state index contributed by atoms with van der Waals surface area (Å²) in [6.45, 7) is 5.57. The van der Waals surface area contributed by atoms with Gasteiger partial charge in [-0.15, -0.1) is 21.5 Å². The number of carbonyl (C=O) groups is 1. The Balaban J connectivity index is 1.38. The molecular weight excluding hydrogens is 326 g/mol. The fourth-order valence-electron chi connectivity index (χ4n) is 3.48. The van der Waals surface area contributed by atoms with Crippen LogP contribution >= 0.6 is 11.3 Å². The topological polar surface area (TPSA) is 74.5 Å². The first kappa shape index (κ1) is 15.6. The van der Waals surface area contributed by atoms with E-state index in [-0.39, 0.29) is 12.1 Å². The SMILES string of the molecule is C[C@H](c1nnc(-c2cccs2)o1)N1CCC(N2CCNC2=O)CC1. The third-order valence-corrected chi connectivity index (χ3v) is 5.77. The number of carbonyl (C=O) groups excluding carboxylic acids is 1. The van der Waals surface area contributed by atoms with E-state index in [1.807, 2.05) is 22.4 Å². The number of amides is 2. The molecule has 2 aliphatic heterocycles. The van der Waals surface area contributed by atoms with Crippen LogP contribution in [0, 0.1) is 0 Å².